The molecule has 3 rings (SSSR count). The second-order valence-corrected chi connectivity index (χ2v) is 6.72. The summed E-state index contributed by atoms with van der Waals surface area (Å²) in [6.45, 7) is 1.83. The number of esters is 1. The van der Waals surface area contributed by atoms with Gasteiger partial charge in [-0.1, -0.05) is 24.3 Å². The molecule has 2 aromatic carbocycles. The van der Waals surface area contributed by atoms with Gasteiger partial charge in [0.2, 0.25) is 0 Å². The summed E-state index contributed by atoms with van der Waals surface area (Å²) in [5.41, 5.74) is 2.08. The Bertz CT molecular complexity index is 1020. The van der Waals surface area contributed by atoms with Crippen LogP contribution >= 0.6 is 0 Å². The Labute approximate surface area is 175 Å². The second kappa shape index (κ2) is 10.2. The third-order valence-corrected chi connectivity index (χ3v) is 4.42. The van der Waals surface area contributed by atoms with Crippen molar-refractivity contribution in [2.45, 2.75) is 26.4 Å². The number of Topliss-reactive ketones (excluding diaryl/α,β-unsaturated/α-hetero) is 1. The molecule has 0 saturated heterocycles. The lowest BCUT2D eigenvalue weighted by Gasteiger charge is -2.13. The summed E-state index contributed by atoms with van der Waals surface area (Å²) in [4.78, 5) is 28.2. The van der Waals surface area contributed by atoms with Crippen LogP contribution in [0.5, 0.6) is 17.2 Å². The monoisotopic (exact) mass is 405 g/mol. The molecule has 0 amide bonds. The van der Waals surface area contributed by atoms with E-state index in [0.717, 1.165) is 11.1 Å². The van der Waals surface area contributed by atoms with E-state index in [1.165, 1.54) is 7.11 Å². The minimum Gasteiger partial charge on any atom is -0.493 e. The number of hydrogen-bond donors (Lipinski definition) is 0. The predicted molar refractivity (Wildman–Crippen MR) is 112 cm³/mol. The van der Waals surface area contributed by atoms with E-state index in [2.05, 4.69) is 4.98 Å². The van der Waals surface area contributed by atoms with E-state index in [-0.39, 0.29) is 12.4 Å². The maximum Gasteiger partial charge on any atom is 0.347 e. The molecule has 0 bridgehead atoms. The van der Waals surface area contributed by atoms with Crippen LogP contribution in [0.15, 0.2) is 67.0 Å². The van der Waals surface area contributed by atoms with Gasteiger partial charge in [0.05, 0.1) is 7.11 Å². The molecule has 0 saturated carbocycles. The minimum absolute atomic E-state index is 0.101. The fourth-order valence-corrected chi connectivity index (χ4v) is 2.84. The van der Waals surface area contributed by atoms with E-state index in [4.69, 9.17) is 14.2 Å². The molecule has 0 aliphatic carbocycles. The van der Waals surface area contributed by atoms with Gasteiger partial charge in [-0.25, -0.2) is 4.79 Å². The topological polar surface area (TPSA) is 74.7 Å². The van der Waals surface area contributed by atoms with Gasteiger partial charge in [-0.05, 0) is 49.2 Å². The largest absolute Gasteiger partial charge is 0.493 e. The fraction of sp³-hybridized carbons (Fsp3) is 0.208. The summed E-state index contributed by atoms with van der Waals surface area (Å²) < 4.78 is 16.8. The summed E-state index contributed by atoms with van der Waals surface area (Å²) in [5, 5.41) is 0. The third kappa shape index (κ3) is 5.67. The van der Waals surface area contributed by atoms with E-state index in [1.54, 1.807) is 55.7 Å². The Kier molecular flexibility index (Phi) is 7.16. The number of aromatic nitrogens is 1. The van der Waals surface area contributed by atoms with E-state index >= 15 is 0 Å². The number of nitrogens with zero attached hydrogens (tertiary/aromatic N) is 1. The van der Waals surface area contributed by atoms with Gasteiger partial charge in [0.1, 0.15) is 23.7 Å². The third-order valence-electron chi connectivity index (χ3n) is 4.42. The SMILES string of the molecule is COc1ccc(CCC(C)=O)cc1OC(=O)c1ccccc1OCc1cccnc1. The molecular formula is C24H23NO5. The molecule has 6 nitrogen and oxygen atoms in total. The molecule has 3 aromatic rings. The number of para-hydroxylation sites is 1. The van der Waals surface area contributed by atoms with Crippen LogP contribution in [0.3, 0.4) is 0 Å². The first-order valence-electron chi connectivity index (χ1n) is 9.56. The Balaban J connectivity index is 1.77. The van der Waals surface area contributed by atoms with Gasteiger partial charge < -0.3 is 19.0 Å². The van der Waals surface area contributed by atoms with Gasteiger partial charge in [0.15, 0.2) is 11.5 Å². The zero-order chi connectivity index (χ0) is 21.3. The number of aryl methyl sites for hydroxylation is 1. The van der Waals surface area contributed by atoms with Gasteiger partial charge >= 0.3 is 5.97 Å². The van der Waals surface area contributed by atoms with Crippen LogP contribution in [0.2, 0.25) is 0 Å². The van der Waals surface area contributed by atoms with Crippen molar-refractivity contribution < 1.29 is 23.8 Å². The number of pyridine rings is 1. The van der Waals surface area contributed by atoms with Crippen molar-refractivity contribution in [3.05, 3.63) is 83.7 Å². The maximum atomic E-state index is 12.9. The minimum atomic E-state index is -0.557. The fourth-order valence-electron chi connectivity index (χ4n) is 2.84. The standard InChI is InChI=1S/C24H23NO5/c1-17(26)9-10-18-11-12-22(28-2)23(14-18)30-24(27)20-7-3-4-8-21(20)29-16-19-6-5-13-25-15-19/h3-8,11-15H,9-10,16H2,1-2H3. The quantitative estimate of drug-likeness (QED) is 0.388. The summed E-state index contributed by atoms with van der Waals surface area (Å²) in [5.74, 6) is 0.690. The van der Waals surface area contributed by atoms with Crippen molar-refractivity contribution in [3.63, 3.8) is 0 Å². The van der Waals surface area contributed by atoms with Crippen molar-refractivity contribution in [1.29, 1.82) is 0 Å². The number of rotatable bonds is 9. The molecular weight excluding hydrogens is 382 g/mol. The Morgan fingerprint density at radius 2 is 1.77 bits per heavy atom. The number of ketones is 1. The number of carbonyl (C=O) groups excluding carboxylic acids is 2. The molecule has 0 radical (unpaired) electrons. The Hall–Kier alpha value is -3.67. The Morgan fingerprint density at radius 3 is 2.50 bits per heavy atom. The Morgan fingerprint density at radius 1 is 0.933 bits per heavy atom. The van der Waals surface area contributed by atoms with Crippen molar-refractivity contribution in [2.75, 3.05) is 7.11 Å². The van der Waals surface area contributed by atoms with Crippen LogP contribution in [0.4, 0.5) is 0 Å². The molecule has 0 fully saturated rings. The van der Waals surface area contributed by atoms with Gasteiger partial charge in [0, 0.05) is 24.4 Å². The first-order valence-corrected chi connectivity index (χ1v) is 9.56. The van der Waals surface area contributed by atoms with Crippen LogP contribution in [0, 0.1) is 0 Å². The molecule has 1 aromatic heterocycles. The molecule has 0 spiro atoms. The van der Waals surface area contributed by atoms with E-state index in [9.17, 15) is 9.59 Å². The maximum absolute atomic E-state index is 12.9. The van der Waals surface area contributed by atoms with Crippen LogP contribution in [-0.2, 0) is 17.8 Å². The molecule has 0 aliphatic heterocycles. The highest BCUT2D eigenvalue weighted by atomic mass is 16.6. The smallest absolute Gasteiger partial charge is 0.347 e. The number of benzene rings is 2. The highest BCUT2D eigenvalue weighted by molar-refractivity contribution is 5.94. The van der Waals surface area contributed by atoms with Gasteiger partial charge in [-0.3, -0.25) is 4.98 Å². The van der Waals surface area contributed by atoms with Crippen LogP contribution < -0.4 is 14.2 Å². The molecule has 6 heteroatoms. The number of ether oxygens (including phenoxy) is 3. The molecule has 0 aliphatic rings. The first kappa shape index (κ1) is 21.0. The van der Waals surface area contributed by atoms with Gasteiger partial charge in [0.25, 0.3) is 0 Å². The summed E-state index contributed by atoms with van der Waals surface area (Å²) >= 11 is 0. The van der Waals surface area contributed by atoms with Crippen molar-refractivity contribution in [2.24, 2.45) is 0 Å². The van der Waals surface area contributed by atoms with Crippen molar-refractivity contribution in [1.82, 2.24) is 4.98 Å². The zero-order valence-electron chi connectivity index (χ0n) is 17.0. The van der Waals surface area contributed by atoms with Crippen LogP contribution in [-0.4, -0.2) is 23.8 Å². The van der Waals surface area contributed by atoms with E-state index < -0.39 is 5.97 Å². The first-order chi connectivity index (χ1) is 14.6. The summed E-state index contributed by atoms with van der Waals surface area (Å²) in [7, 11) is 1.51. The highest BCUT2D eigenvalue weighted by Gasteiger charge is 2.17. The van der Waals surface area contributed by atoms with E-state index in [0.29, 0.717) is 35.7 Å². The molecule has 0 N–H and O–H groups in total. The average molecular weight is 405 g/mol. The summed E-state index contributed by atoms with van der Waals surface area (Å²) in [6, 6.07) is 15.9. The van der Waals surface area contributed by atoms with E-state index in [1.807, 2.05) is 18.2 Å². The highest BCUT2D eigenvalue weighted by Crippen LogP contribution is 2.30. The van der Waals surface area contributed by atoms with Crippen molar-refractivity contribution >= 4 is 11.8 Å². The van der Waals surface area contributed by atoms with Gasteiger partial charge in [-0.2, -0.15) is 0 Å². The molecule has 0 unspecified atom stereocenters. The zero-order valence-corrected chi connectivity index (χ0v) is 17.0. The molecule has 1 heterocycles. The lowest BCUT2D eigenvalue weighted by molar-refractivity contribution is -0.116. The average Bonchev–Trinajstić information content (AvgIpc) is 2.77. The van der Waals surface area contributed by atoms with Crippen LogP contribution in [0.25, 0.3) is 0 Å². The normalized spacial score (nSPS) is 10.3. The molecule has 30 heavy (non-hydrogen) atoms. The second-order valence-electron chi connectivity index (χ2n) is 6.72. The van der Waals surface area contributed by atoms with Crippen LogP contribution in [0.1, 0.15) is 34.8 Å². The summed E-state index contributed by atoms with van der Waals surface area (Å²) in [6.07, 6.45) is 4.38. The predicted octanol–water partition coefficient (Wildman–Crippen LogP) is 4.41. The van der Waals surface area contributed by atoms with Gasteiger partial charge in [-0.15, -0.1) is 0 Å². The lowest BCUT2D eigenvalue weighted by Crippen LogP contribution is -2.12. The lowest BCUT2D eigenvalue weighted by atomic mass is 10.1. The number of methoxy groups -OCH3 is 1. The number of carbonyl (C=O) groups is 2. The molecule has 154 valence electrons. The number of hydrogen-bond acceptors (Lipinski definition) is 6. The molecule has 0 atom stereocenters. The van der Waals surface area contributed by atoms with Crippen molar-refractivity contribution in [3.8, 4) is 17.2 Å².